The normalized spacial score (nSPS) is 10.3. The minimum Gasteiger partial charge on any atom is -0.464 e. The monoisotopic (exact) mass is 286 g/mol. The van der Waals surface area contributed by atoms with Crippen molar-refractivity contribution in [2.45, 2.75) is 0 Å². The molecule has 0 spiro atoms. The fourth-order valence-electron chi connectivity index (χ4n) is 1.10. The first-order chi connectivity index (χ1) is 7.20. The van der Waals surface area contributed by atoms with E-state index in [4.69, 9.17) is 0 Å². The number of nitrogens with zero attached hydrogens (tertiary/aromatic N) is 1. The van der Waals surface area contributed by atoms with E-state index in [0.717, 1.165) is 8.66 Å². The molecule has 2 aromatic rings. The van der Waals surface area contributed by atoms with E-state index in [1.54, 1.807) is 11.3 Å². The van der Waals surface area contributed by atoms with Crippen LogP contribution < -0.4 is 0 Å². The number of H-pyrrole nitrogens is 1. The van der Waals surface area contributed by atoms with Gasteiger partial charge in [-0.1, -0.05) is 0 Å². The Bertz CT molecular complexity index is 492. The van der Waals surface area contributed by atoms with Crippen molar-refractivity contribution in [2.24, 2.45) is 0 Å². The first-order valence-electron chi connectivity index (χ1n) is 4.09. The minimum absolute atomic E-state index is 0.358. The molecule has 2 rings (SSSR count). The number of nitrogens with one attached hydrogen (secondary N) is 1. The van der Waals surface area contributed by atoms with Gasteiger partial charge in [-0.05, 0) is 28.1 Å². The zero-order valence-corrected chi connectivity index (χ0v) is 10.2. The lowest BCUT2D eigenvalue weighted by molar-refractivity contribution is 0.0595. The van der Waals surface area contributed by atoms with Gasteiger partial charge in [0.05, 0.1) is 22.0 Å². The van der Waals surface area contributed by atoms with Crippen molar-refractivity contribution < 1.29 is 9.53 Å². The van der Waals surface area contributed by atoms with E-state index in [-0.39, 0.29) is 0 Å². The topological polar surface area (TPSA) is 55.0 Å². The number of halogens is 1. The minimum atomic E-state index is -0.413. The van der Waals surface area contributed by atoms with E-state index >= 15 is 0 Å². The highest BCUT2D eigenvalue weighted by Gasteiger charge is 2.11. The average Bonchev–Trinajstić information content (AvgIpc) is 2.84. The Hall–Kier alpha value is -1.14. The summed E-state index contributed by atoms with van der Waals surface area (Å²) >= 11 is 4.91. The number of aromatic nitrogens is 2. The van der Waals surface area contributed by atoms with E-state index in [1.807, 2.05) is 12.1 Å². The van der Waals surface area contributed by atoms with Gasteiger partial charge >= 0.3 is 5.97 Å². The Kier molecular flexibility index (Phi) is 2.88. The third-order valence-electron chi connectivity index (χ3n) is 1.79. The van der Waals surface area contributed by atoms with Crippen LogP contribution in [0.25, 0.3) is 10.7 Å². The predicted molar refractivity (Wildman–Crippen MR) is 60.9 cm³/mol. The summed E-state index contributed by atoms with van der Waals surface area (Å²) in [5, 5.41) is 0. The third kappa shape index (κ3) is 2.10. The summed E-state index contributed by atoms with van der Waals surface area (Å²) in [6.45, 7) is 0. The lowest BCUT2D eigenvalue weighted by Crippen LogP contribution is -2.00. The maximum absolute atomic E-state index is 11.2. The van der Waals surface area contributed by atoms with Crippen LogP contribution in [0, 0.1) is 0 Å². The molecule has 0 fully saturated rings. The number of hydrogen-bond donors (Lipinski definition) is 1. The van der Waals surface area contributed by atoms with Crippen molar-refractivity contribution in [2.75, 3.05) is 7.11 Å². The molecular weight excluding hydrogens is 280 g/mol. The van der Waals surface area contributed by atoms with Crippen molar-refractivity contribution in [1.29, 1.82) is 0 Å². The fourth-order valence-corrected chi connectivity index (χ4v) is 2.44. The third-order valence-corrected chi connectivity index (χ3v) is 3.42. The summed E-state index contributed by atoms with van der Waals surface area (Å²) in [7, 11) is 1.34. The number of hydrogen-bond acceptors (Lipinski definition) is 4. The first kappa shape index (κ1) is 10.4. The standard InChI is InChI=1S/C9H7BrN2O2S/c1-14-9(13)5-4-11-8(12-5)6-2-3-7(10)15-6/h2-4H,1H3,(H,11,12). The largest absolute Gasteiger partial charge is 0.464 e. The number of aromatic amines is 1. The van der Waals surface area contributed by atoms with Gasteiger partial charge in [0.15, 0.2) is 0 Å². The lowest BCUT2D eigenvalue weighted by Gasteiger charge is -1.92. The molecular formula is C9H7BrN2O2S. The van der Waals surface area contributed by atoms with Crippen LogP contribution >= 0.6 is 27.3 Å². The highest BCUT2D eigenvalue weighted by atomic mass is 79.9. The van der Waals surface area contributed by atoms with Crippen molar-refractivity contribution in [3.05, 3.63) is 27.8 Å². The molecule has 2 heterocycles. The van der Waals surface area contributed by atoms with Crippen LogP contribution in [0.15, 0.2) is 22.1 Å². The Balaban J connectivity index is 2.31. The molecule has 0 aliphatic rings. The molecule has 0 saturated heterocycles. The quantitative estimate of drug-likeness (QED) is 0.864. The van der Waals surface area contributed by atoms with Gasteiger partial charge in [-0.3, -0.25) is 0 Å². The van der Waals surface area contributed by atoms with Crippen LogP contribution in [0.5, 0.6) is 0 Å². The lowest BCUT2D eigenvalue weighted by atomic mass is 10.4. The number of methoxy groups -OCH3 is 1. The summed E-state index contributed by atoms with van der Waals surface area (Å²) in [5.74, 6) is 0.260. The highest BCUT2D eigenvalue weighted by Crippen LogP contribution is 2.29. The number of imidazole rings is 1. The van der Waals surface area contributed by atoms with Gasteiger partial charge < -0.3 is 9.72 Å². The van der Waals surface area contributed by atoms with Crippen LogP contribution in [-0.2, 0) is 4.74 Å². The van der Waals surface area contributed by atoms with E-state index in [9.17, 15) is 4.79 Å². The molecule has 4 nitrogen and oxygen atoms in total. The molecule has 15 heavy (non-hydrogen) atoms. The van der Waals surface area contributed by atoms with Gasteiger partial charge in [0.25, 0.3) is 0 Å². The molecule has 0 aliphatic carbocycles. The maximum atomic E-state index is 11.2. The van der Waals surface area contributed by atoms with Gasteiger partial charge in [0, 0.05) is 0 Å². The van der Waals surface area contributed by atoms with Gasteiger partial charge in [-0.25, -0.2) is 9.78 Å². The van der Waals surface area contributed by atoms with Crippen LogP contribution in [0.3, 0.4) is 0 Å². The molecule has 6 heteroatoms. The van der Waals surface area contributed by atoms with Gasteiger partial charge in [-0.2, -0.15) is 0 Å². The smallest absolute Gasteiger partial charge is 0.356 e. The Morgan fingerprint density at radius 2 is 2.40 bits per heavy atom. The first-order valence-corrected chi connectivity index (χ1v) is 5.70. The molecule has 1 N–H and O–H groups in total. The fraction of sp³-hybridized carbons (Fsp3) is 0.111. The van der Waals surface area contributed by atoms with Gasteiger partial charge in [-0.15, -0.1) is 11.3 Å². The van der Waals surface area contributed by atoms with Crippen LogP contribution in [0.1, 0.15) is 10.5 Å². The second-order valence-corrected chi connectivity index (χ2v) is 5.20. The SMILES string of the molecule is COC(=O)c1cnc(-c2ccc(Br)s2)[nH]1. The van der Waals surface area contributed by atoms with Crippen LogP contribution in [0.2, 0.25) is 0 Å². The summed E-state index contributed by atoms with van der Waals surface area (Å²) in [6.07, 6.45) is 1.47. The molecule has 0 amide bonds. The number of ether oxygens (including phenoxy) is 1. The van der Waals surface area contributed by atoms with Crippen molar-refractivity contribution >= 4 is 33.2 Å². The van der Waals surface area contributed by atoms with Gasteiger partial charge in [0.1, 0.15) is 11.5 Å². The molecule has 2 aromatic heterocycles. The van der Waals surface area contributed by atoms with Crippen LogP contribution in [0.4, 0.5) is 0 Å². The zero-order chi connectivity index (χ0) is 10.8. The molecule has 78 valence electrons. The molecule has 0 bridgehead atoms. The average molecular weight is 287 g/mol. The van der Waals surface area contributed by atoms with Crippen molar-refractivity contribution in [3.8, 4) is 10.7 Å². The molecule has 0 aromatic carbocycles. The van der Waals surface area contributed by atoms with E-state index in [2.05, 4.69) is 30.6 Å². The number of rotatable bonds is 2. The Labute approximate surface area is 98.4 Å². The zero-order valence-electron chi connectivity index (χ0n) is 7.78. The number of carbonyl (C=O) groups is 1. The molecule has 0 atom stereocenters. The maximum Gasteiger partial charge on any atom is 0.356 e. The summed E-state index contributed by atoms with van der Waals surface area (Å²) in [5.41, 5.74) is 0.358. The molecule has 0 saturated carbocycles. The second-order valence-electron chi connectivity index (χ2n) is 2.74. The highest BCUT2D eigenvalue weighted by molar-refractivity contribution is 9.11. The summed E-state index contributed by atoms with van der Waals surface area (Å²) in [4.78, 5) is 19.1. The van der Waals surface area contributed by atoms with E-state index in [0.29, 0.717) is 11.5 Å². The second kappa shape index (κ2) is 4.16. The van der Waals surface area contributed by atoms with Crippen LogP contribution in [-0.4, -0.2) is 23.0 Å². The number of thiophene rings is 1. The molecule has 0 aliphatic heterocycles. The van der Waals surface area contributed by atoms with Crippen molar-refractivity contribution in [1.82, 2.24) is 9.97 Å². The van der Waals surface area contributed by atoms with E-state index < -0.39 is 5.97 Å². The summed E-state index contributed by atoms with van der Waals surface area (Å²) < 4.78 is 5.60. The Morgan fingerprint density at radius 3 is 3.00 bits per heavy atom. The number of carbonyl (C=O) groups excluding carboxylic acids is 1. The Morgan fingerprint density at radius 1 is 1.60 bits per heavy atom. The summed E-state index contributed by atoms with van der Waals surface area (Å²) in [6, 6.07) is 3.86. The molecule has 0 unspecified atom stereocenters. The van der Waals surface area contributed by atoms with Gasteiger partial charge in [0.2, 0.25) is 0 Å². The van der Waals surface area contributed by atoms with E-state index in [1.165, 1.54) is 13.3 Å². The number of esters is 1. The predicted octanol–water partition coefficient (Wildman–Crippen LogP) is 2.69. The van der Waals surface area contributed by atoms with Crippen molar-refractivity contribution in [3.63, 3.8) is 0 Å². The molecule has 0 radical (unpaired) electrons.